The average molecular weight is 552 g/mol. The van der Waals surface area contributed by atoms with Crippen molar-refractivity contribution in [1.29, 1.82) is 0 Å². The summed E-state index contributed by atoms with van der Waals surface area (Å²) in [5.41, 5.74) is 10.1. The number of aromatic nitrogens is 3. The Kier molecular flexibility index (Phi) is 6.73. The number of phenols is 1. The summed E-state index contributed by atoms with van der Waals surface area (Å²) >= 11 is 0. The molecule has 0 aliphatic rings. The van der Waals surface area contributed by atoms with Crippen LogP contribution in [0.3, 0.4) is 0 Å². The lowest BCUT2D eigenvalue weighted by molar-refractivity contribution is 0.446. The van der Waals surface area contributed by atoms with Crippen LogP contribution in [0, 0.1) is 0 Å². The Balaban J connectivity index is 1.66. The Morgan fingerprint density at radius 2 is 1.36 bits per heavy atom. The summed E-state index contributed by atoms with van der Waals surface area (Å²) in [7, 11) is 0. The van der Waals surface area contributed by atoms with Gasteiger partial charge in [-0.1, -0.05) is 102 Å². The monoisotopic (exact) mass is 551 g/mol. The lowest BCUT2D eigenvalue weighted by Gasteiger charge is -2.27. The molecule has 0 amide bonds. The van der Waals surface area contributed by atoms with E-state index in [1.54, 1.807) is 0 Å². The first-order valence-electron chi connectivity index (χ1n) is 14.5. The molecule has 3 heterocycles. The Bertz CT molecular complexity index is 1890. The van der Waals surface area contributed by atoms with Gasteiger partial charge in [0, 0.05) is 40.2 Å². The molecule has 0 bridgehead atoms. The van der Waals surface area contributed by atoms with Gasteiger partial charge in [0.05, 0.1) is 11.4 Å². The van der Waals surface area contributed by atoms with Crippen LogP contribution in [0.1, 0.15) is 52.7 Å². The molecule has 4 nitrogen and oxygen atoms in total. The molecule has 42 heavy (non-hydrogen) atoms. The van der Waals surface area contributed by atoms with Crippen molar-refractivity contribution in [3.63, 3.8) is 0 Å². The van der Waals surface area contributed by atoms with Gasteiger partial charge >= 0.3 is 0 Å². The van der Waals surface area contributed by atoms with Crippen molar-refractivity contribution in [1.82, 2.24) is 14.4 Å². The molecule has 0 radical (unpaired) electrons. The van der Waals surface area contributed by atoms with Crippen molar-refractivity contribution in [3.8, 4) is 50.6 Å². The molecule has 0 unspecified atom stereocenters. The molecule has 6 aromatic rings. The van der Waals surface area contributed by atoms with Crippen LogP contribution in [0.25, 0.3) is 50.5 Å². The van der Waals surface area contributed by atoms with Gasteiger partial charge in [0.25, 0.3) is 0 Å². The van der Waals surface area contributed by atoms with Gasteiger partial charge in [-0.25, -0.2) is 4.98 Å². The van der Waals surface area contributed by atoms with Gasteiger partial charge in [-0.05, 0) is 58.4 Å². The molecule has 0 aliphatic carbocycles. The van der Waals surface area contributed by atoms with Gasteiger partial charge < -0.3 is 5.11 Å². The van der Waals surface area contributed by atoms with E-state index >= 15 is 0 Å². The third-order valence-electron chi connectivity index (χ3n) is 7.87. The predicted molar refractivity (Wildman–Crippen MR) is 174 cm³/mol. The Labute approximate surface area is 248 Å². The highest BCUT2D eigenvalue weighted by Crippen LogP contribution is 2.45. The molecule has 3 aromatic carbocycles. The van der Waals surface area contributed by atoms with E-state index in [0.717, 1.165) is 56.1 Å². The smallest absolute Gasteiger partial charge is 0.145 e. The van der Waals surface area contributed by atoms with E-state index in [0.29, 0.717) is 0 Å². The summed E-state index contributed by atoms with van der Waals surface area (Å²) in [5.74, 6) is 0.287. The normalized spacial score (nSPS) is 12.1. The number of benzene rings is 3. The van der Waals surface area contributed by atoms with Crippen molar-refractivity contribution in [2.24, 2.45) is 0 Å². The molecule has 210 valence electrons. The number of rotatable bonds is 4. The van der Waals surface area contributed by atoms with Crippen molar-refractivity contribution in [2.45, 2.75) is 52.4 Å². The summed E-state index contributed by atoms with van der Waals surface area (Å²) in [4.78, 5) is 9.89. The minimum absolute atomic E-state index is 0.106. The molecule has 1 N–H and O–H groups in total. The second-order valence-electron chi connectivity index (χ2n) is 13.0. The molecule has 4 heteroatoms. The van der Waals surface area contributed by atoms with Crippen molar-refractivity contribution < 1.29 is 5.11 Å². The lowest BCUT2D eigenvalue weighted by Crippen LogP contribution is -2.17. The number of hydrogen-bond donors (Lipinski definition) is 1. The quantitative estimate of drug-likeness (QED) is 0.237. The van der Waals surface area contributed by atoms with E-state index < -0.39 is 0 Å². The van der Waals surface area contributed by atoms with Gasteiger partial charge in [-0.2, -0.15) is 0 Å². The molecule has 6 rings (SSSR count). The lowest BCUT2D eigenvalue weighted by atomic mass is 9.78. The number of aromatic hydroxyl groups is 1. The second kappa shape index (κ2) is 10.3. The van der Waals surface area contributed by atoms with Gasteiger partial charge in [0.15, 0.2) is 0 Å². The zero-order valence-corrected chi connectivity index (χ0v) is 25.2. The average Bonchev–Trinajstić information content (AvgIpc) is 3.36. The zero-order valence-electron chi connectivity index (χ0n) is 25.2. The zero-order chi connectivity index (χ0) is 29.6. The van der Waals surface area contributed by atoms with Gasteiger partial charge in [0.1, 0.15) is 17.1 Å². The van der Waals surface area contributed by atoms with Crippen LogP contribution < -0.4 is 0 Å². The van der Waals surface area contributed by atoms with Crippen LogP contribution in [0.4, 0.5) is 0 Å². The van der Waals surface area contributed by atoms with E-state index in [1.165, 1.54) is 5.56 Å². The molecule has 0 atom stereocenters. The number of nitrogens with zero attached hydrogens (tertiary/aromatic N) is 3. The summed E-state index contributed by atoms with van der Waals surface area (Å²) in [6.07, 6.45) is 3.88. The van der Waals surface area contributed by atoms with Gasteiger partial charge in [0.2, 0.25) is 0 Å². The minimum atomic E-state index is -0.247. The third kappa shape index (κ3) is 4.98. The fourth-order valence-electron chi connectivity index (χ4n) is 5.55. The maximum atomic E-state index is 11.9. The number of fused-ring (bicyclic) bond motifs is 1. The van der Waals surface area contributed by atoms with Crippen LogP contribution in [0.2, 0.25) is 0 Å². The summed E-state index contributed by atoms with van der Waals surface area (Å²) in [6, 6.07) is 33.2. The van der Waals surface area contributed by atoms with E-state index in [4.69, 9.17) is 4.98 Å². The maximum Gasteiger partial charge on any atom is 0.145 e. The number of phenolic OH excluding ortho intramolecular Hbond substituents is 1. The number of hydrogen-bond acceptors (Lipinski definition) is 3. The SMILES string of the molecule is CC(C)(C)c1cc(-c2nc3c(-c4cccc(-c5ccccn5)c4)cccn3c2-c2ccccc2)c(O)c(C(C)(C)C)c1. The molecule has 0 saturated heterocycles. The first-order chi connectivity index (χ1) is 20.0. The molecular formula is C38H37N3O. The first kappa shape index (κ1) is 27.5. The van der Waals surface area contributed by atoms with Crippen LogP contribution in [0.5, 0.6) is 5.75 Å². The highest BCUT2D eigenvalue weighted by Gasteiger charge is 2.28. The predicted octanol–water partition coefficient (Wildman–Crippen LogP) is 9.70. The first-order valence-corrected chi connectivity index (χ1v) is 14.5. The van der Waals surface area contributed by atoms with Crippen molar-refractivity contribution in [2.75, 3.05) is 0 Å². The highest BCUT2D eigenvalue weighted by molar-refractivity contribution is 5.90. The minimum Gasteiger partial charge on any atom is -0.507 e. The topological polar surface area (TPSA) is 50.4 Å². The van der Waals surface area contributed by atoms with Crippen LogP contribution >= 0.6 is 0 Å². The molecule has 3 aromatic heterocycles. The second-order valence-corrected chi connectivity index (χ2v) is 13.0. The number of imidazole rings is 1. The van der Waals surface area contributed by atoms with E-state index in [1.807, 2.05) is 42.6 Å². The number of pyridine rings is 2. The van der Waals surface area contributed by atoms with E-state index in [-0.39, 0.29) is 16.6 Å². The fourth-order valence-corrected chi connectivity index (χ4v) is 5.55. The molecule has 0 fully saturated rings. The summed E-state index contributed by atoms with van der Waals surface area (Å²) in [6.45, 7) is 13.1. The molecule has 0 saturated carbocycles. The summed E-state index contributed by atoms with van der Waals surface area (Å²) in [5, 5.41) is 11.9. The standard InChI is InChI=1S/C38H37N3O/c1-37(2,3)28-23-30(35(42)31(24-28)38(4,5)6)33-34(25-14-8-7-9-15-25)41-21-13-18-29(36(41)40-33)26-16-12-17-27(22-26)32-19-10-11-20-39-32/h7-24,42H,1-6H3. The highest BCUT2D eigenvalue weighted by atomic mass is 16.3. The molecular weight excluding hydrogens is 514 g/mol. The largest absolute Gasteiger partial charge is 0.507 e. The molecule has 0 aliphatic heterocycles. The summed E-state index contributed by atoms with van der Waals surface area (Å²) < 4.78 is 2.16. The maximum absolute atomic E-state index is 11.9. The Morgan fingerprint density at radius 1 is 0.643 bits per heavy atom. The van der Waals surface area contributed by atoms with E-state index in [9.17, 15) is 5.11 Å². The third-order valence-corrected chi connectivity index (χ3v) is 7.87. The van der Waals surface area contributed by atoms with Crippen molar-refractivity contribution >= 4 is 5.65 Å². The van der Waals surface area contributed by atoms with E-state index in [2.05, 4.69) is 118 Å². The Hall–Kier alpha value is -4.70. The fraction of sp³-hybridized carbons (Fsp3) is 0.211. The van der Waals surface area contributed by atoms with Crippen LogP contribution in [0.15, 0.2) is 109 Å². The Morgan fingerprint density at radius 3 is 2.05 bits per heavy atom. The van der Waals surface area contributed by atoms with Crippen LogP contribution in [-0.4, -0.2) is 19.5 Å². The van der Waals surface area contributed by atoms with Gasteiger partial charge in [-0.15, -0.1) is 0 Å². The van der Waals surface area contributed by atoms with Crippen LogP contribution in [-0.2, 0) is 10.8 Å². The van der Waals surface area contributed by atoms with Gasteiger partial charge in [-0.3, -0.25) is 9.38 Å². The molecule has 0 spiro atoms. The van der Waals surface area contributed by atoms with Crippen molar-refractivity contribution in [3.05, 3.63) is 121 Å².